The highest BCUT2D eigenvalue weighted by molar-refractivity contribution is 5.82. The standard InChI is InChI=1S/C13H22N2O4/c1-8(15(2)9-3-4-9)7-14-12(16)10-5-6-11(19-10)13(17)18/h8-11H,3-7H2,1-2H3,(H,14,16)(H,17,18). The number of hydrogen-bond acceptors (Lipinski definition) is 4. The Morgan fingerprint density at radius 2 is 1.95 bits per heavy atom. The molecule has 3 unspecified atom stereocenters. The van der Waals surface area contributed by atoms with E-state index >= 15 is 0 Å². The molecule has 1 aliphatic heterocycles. The molecule has 3 atom stereocenters. The average Bonchev–Trinajstić information content (AvgIpc) is 3.10. The molecule has 1 heterocycles. The summed E-state index contributed by atoms with van der Waals surface area (Å²) < 4.78 is 5.21. The molecule has 2 N–H and O–H groups in total. The Bertz CT molecular complexity index is 357. The summed E-state index contributed by atoms with van der Waals surface area (Å²) in [6.45, 7) is 2.65. The Balaban J connectivity index is 1.71. The maximum atomic E-state index is 11.9. The second kappa shape index (κ2) is 5.88. The van der Waals surface area contributed by atoms with Crippen molar-refractivity contribution in [2.75, 3.05) is 13.6 Å². The van der Waals surface area contributed by atoms with Crippen molar-refractivity contribution in [1.29, 1.82) is 0 Å². The number of carboxylic acid groups (broad SMARTS) is 1. The topological polar surface area (TPSA) is 78.9 Å². The molecule has 0 aromatic heterocycles. The number of hydrogen-bond donors (Lipinski definition) is 2. The fourth-order valence-corrected chi connectivity index (χ4v) is 2.36. The molecule has 6 heteroatoms. The van der Waals surface area contributed by atoms with Crippen LogP contribution in [0.1, 0.15) is 32.6 Å². The second-order valence-electron chi connectivity index (χ2n) is 5.52. The van der Waals surface area contributed by atoms with Crippen molar-refractivity contribution in [2.45, 2.75) is 56.9 Å². The third kappa shape index (κ3) is 3.67. The Morgan fingerprint density at radius 3 is 2.47 bits per heavy atom. The number of carbonyl (C=O) groups is 2. The average molecular weight is 270 g/mol. The van der Waals surface area contributed by atoms with Crippen LogP contribution in [0.5, 0.6) is 0 Å². The fraction of sp³-hybridized carbons (Fsp3) is 0.846. The van der Waals surface area contributed by atoms with E-state index in [0.717, 1.165) is 0 Å². The zero-order valence-electron chi connectivity index (χ0n) is 11.5. The van der Waals surface area contributed by atoms with E-state index in [1.54, 1.807) is 0 Å². The van der Waals surface area contributed by atoms with Gasteiger partial charge in [-0.2, -0.15) is 0 Å². The summed E-state index contributed by atoms with van der Waals surface area (Å²) in [4.78, 5) is 24.9. The molecular weight excluding hydrogens is 248 g/mol. The summed E-state index contributed by atoms with van der Waals surface area (Å²) in [7, 11) is 2.07. The van der Waals surface area contributed by atoms with E-state index in [0.29, 0.717) is 25.4 Å². The number of likely N-dealkylation sites (N-methyl/N-ethyl adjacent to an activating group) is 1. The SMILES string of the molecule is CC(CNC(=O)C1CCC(C(=O)O)O1)N(C)C1CC1. The minimum atomic E-state index is -0.989. The lowest BCUT2D eigenvalue weighted by Gasteiger charge is -2.25. The lowest BCUT2D eigenvalue weighted by molar-refractivity contribution is -0.151. The van der Waals surface area contributed by atoms with Gasteiger partial charge in [-0.05, 0) is 39.7 Å². The lowest BCUT2D eigenvalue weighted by Crippen LogP contribution is -2.44. The monoisotopic (exact) mass is 270 g/mol. The number of amides is 1. The molecule has 6 nitrogen and oxygen atoms in total. The first-order chi connectivity index (χ1) is 8.99. The number of ether oxygens (including phenoxy) is 1. The van der Waals surface area contributed by atoms with E-state index < -0.39 is 18.2 Å². The summed E-state index contributed by atoms with van der Waals surface area (Å²) in [5.74, 6) is -1.18. The predicted octanol–water partition coefficient (Wildman–Crippen LogP) is 0.218. The van der Waals surface area contributed by atoms with Gasteiger partial charge in [-0.1, -0.05) is 0 Å². The third-order valence-electron chi connectivity index (χ3n) is 3.98. The highest BCUT2D eigenvalue weighted by Crippen LogP contribution is 2.26. The lowest BCUT2D eigenvalue weighted by atomic mass is 10.2. The third-order valence-corrected chi connectivity index (χ3v) is 3.98. The fourth-order valence-electron chi connectivity index (χ4n) is 2.36. The highest BCUT2D eigenvalue weighted by atomic mass is 16.5. The largest absolute Gasteiger partial charge is 0.479 e. The minimum absolute atomic E-state index is 0.195. The molecule has 1 saturated carbocycles. The van der Waals surface area contributed by atoms with Gasteiger partial charge in [0.1, 0.15) is 6.10 Å². The van der Waals surface area contributed by atoms with E-state index in [1.807, 2.05) is 0 Å². The van der Waals surface area contributed by atoms with Crippen LogP contribution in [0.2, 0.25) is 0 Å². The van der Waals surface area contributed by atoms with Crippen LogP contribution < -0.4 is 5.32 Å². The summed E-state index contributed by atoms with van der Waals surface area (Å²) >= 11 is 0. The number of nitrogens with one attached hydrogen (secondary N) is 1. The zero-order valence-corrected chi connectivity index (χ0v) is 11.5. The van der Waals surface area contributed by atoms with Crippen molar-refractivity contribution in [3.8, 4) is 0 Å². The summed E-state index contributed by atoms with van der Waals surface area (Å²) in [5, 5.41) is 11.7. The van der Waals surface area contributed by atoms with Crippen LogP contribution in [0.4, 0.5) is 0 Å². The number of rotatable bonds is 6. The van der Waals surface area contributed by atoms with Crippen molar-refractivity contribution in [1.82, 2.24) is 10.2 Å². The number of carboxylic acids is 1. The van der Waals surface area contributed by atoms with Gasteiger partial charge < -0.3 is 15.2 Å². The highest BCUT2D eigenvalue weighted by Gasteiger charge is 2.35. The van der Waals surface area contributed by atoms with Crippen molar-refractivity contribution in [3.05, 3.63) is 0 Å². The first-order valence-corrected chi connectivity index (χ1v) is 6.87. The Labute approximate surface area is 113 Å². The molecule has 0 bridgehead atoms. The van der Waals surface area contributed by atoms with Crippen molar-refractivity contribution in [2.24, 2.45) is 0 Å². The normalized spacial score (nSPS) is 28.4. The van der Waals surface area contributed by atoms with Crippen molar-refractivity contribution < 1.29 is 19.4 Å². The molecular formula is C13H22N2O4. The Morgan fingerprint density at radius 1 is 1.32 bits per heavy atom. The Hall–Kier alpha value is -1.14. The van der Waals surface area contributed by atoms with Crippen LogP contribution in [-0.2, 0) is 14.3 Å². The number of carbonyl (C=O) groups excluding carboxylic acids is 1. The van der Waals surface area contributed by atoms with E-state index in [2.05, 4.69) is 24.2 Å². The van der Waals surface area contributed by atoms with Crippen LogP contribution in [0, 0.1) is 0 Å². The number of aliphatic carboxylic acids is 1. The van der Waals surface area contributed by atoms with Gasteiger partial charge in [-0.3, -0.25) is 9.69 Å². The van der Waals surface area contributed by atoms with Gasteiger partial charge in [0.15, 0.2) is 6.10 Å². The Kier molecular flexibility index (Phi) is 4.42. The first-order valence-electron chi connectivity index (χ1n) is 6.87. The summed E-state index contributed by atoms with van der Waals surface area (Å²) in [5.41, 5.74) is 0. The summed E-state index contributed by atoms with van der Waals surface area (Å²) in [6, 6.07) is 0.944. The van der Waals surface area contributed by atoms with Gasteiger partial charge in [0.2, 0.25) is 5.91 Å². The first kappa shape index (κ1) is 14.3. The zero-order chi connectivity index (χ0) is 14.0. The van der Waals surface area contributed by atoms with Crippen LogP contribution in [0.3, 0.4) is 0 Å². The van der Waals surface area contributed by atoms with E-state index in [9.17, 15) is 9.59 Å². The smallest absolute Gasteiger partial charge is 0.332 e. The van der Waals surface area contributed by atoms with Crippen molar-refractivity contribution in [3.63, 3.8) is 0 Å². The molecule has 1 aliphatic carbocycles. The molecule has 0 aromatic rings. The molecule has 0 radical (unpaired) electrons. The molecule has 2 rings (SSSR count). The molecule has 2 fully saturated rings. The van der Waals surface area contributed by atoms with E-state index in [-0.39, 0.29) is 11.9 Å². The molecule has 19 heavy (non-hydrogen) atoms. The van der Waals surface area contributed by atoms with Gasteiger partial charge in [0.05, 0.1) is 0 Å². The molecule has 0 aromatic carbocycles. The van der Waals surface area contributed by atoms with Gasteiger partial charge in [0.25, 0.3) is 0 Å². The summed E-state index contributed by atoms with van der Waals surface area (Å²) in [6.07, 6.45) is 1.92. The predicted molar refractivity (Wildman–Crippen MR) is 68.8 cm³/mol. The maximum absolute atomic E-state index is 11.9. The maximum Gasteiger partial charge on any atom is 0.332 e. The van der Waals surface area contributed by atoms with Crippen LogP contribution in [0.15, 0.2) is 0 Å². The van der Waals surface area contributed by atoms with Crippen LogP contribution in [0.25, 0.3) is 0 Å². The quantitative estimate of drug-likeness (QED) is 0.721. The molecule has 108 valence electrons. The van der Waals surface area contributed by atoms with Gasteiger partial charge in [-0.15, -0.1) is 0 Å². The molecule has 1 saturated heterocycles. The van der Waals surface area contributed by atoms with Gasteiger partial charge in [0, 0.05) is 18.6 Å². The van der Waals surface area contributed by atoms with Crippen LogP contribution >= 0.6 is 0 Å². The minimum Gasteiger partial charge on any atom is -0.479 e. The van der Waals surface area contributed by atoms with Crippen molar-refractivity contribution >= 4 is 11.9 Å². The van der Waals surface area contributed by atoms with Gasteiger partial charge in [-0.25, -0.2) is 4.79 Å². The van der Waals surface area contributed by atoms with Gasteiger partial charge >= 0.3 is 5.97 Å². The molecule has 2 aliphatic rings. The second-order valence-corrected chi connectivity index (χ2v) is 5.52. The molecule has 0 spiro atoms. The number of nitrogens with zero attached hydrogens (tertiary/aromatic N) is 1. The molecule has 1 amide bonds. The van der Waals surface area contributed by atoms with Crippen LogP contribution in [-0.4, -0.2) is 59.8 Å². The van der Waals surface area contributed by atoms with E-state index in [1.165, 1.54) is 12.8 Å². The van der Waals surface area contributed by atoms with E-state index in [4.69, 9.17) is 9.84 Å².